The van der Waals surface area contributed by atoms with Gasteiger partial charge >= 0.3 is 0 Å². The normalized spacial score (nSPS) is 31.0. The fourth-order valence-corrected chi connectivity index (χ4v) is 4.49. The Labute approximate surface area is 127 Å². The van der Waals surface area contributed by atoms with Gasteiger partial charge < -0.3 is 10.1 Å². The van der Waals surface area contributed by atoms with Crippen LogP contribution in [0.2, 0.25) is 0 Å². The van der Waals surface area contributed by atoms with E-state index in [9.17, 15) is 4.79 Å². The van der Waals surface area contributed by atoms with Gasteiger partial charge in [0.25, 0.3) is 0 Å². The van der Waals surface area contributed by atoms with Crippen LogP contribution >= 0.6 is 0 Å². The lowest BCUT2D eigenvalue weighted by Gasteiger charge is -2.44. The topological polar surface area (TPSA) is 38.3 Å². The van der Waals surface area contributed by atoms with Crippen LogP contribution in [0.1, 0.15) is 43.2 Å². The molecule has 4 atom stereocenters. The van der Waals surface area contributed by atoms with E-state index in [1.54, 1.807) is 14.2 Å². The van der Waals surface area contributed by atoms with Gasteiger partial charge in [-0.2, -0.15) is 0 Å². The van der Waals surface area contributed by atoms with E-state index >= 15 is 0 Å². The van der Waals surface area contributed by atoms with E-state index in [1.807, 2.05) is 0 Å². The summed E-state index contributed by atoms with van der Waals surface area (Å²) in [6.07, 6.45) is 4.54. The minimum atomic E-state index is 0.160. The minimum Gasteiger partial charge on any atom is -0.497 e. The van der Waals surface area contributed by atoms with E-state index in [1.165, 1.54) is 17.5 Å². The lowest BCUT2D eigenvalue weighted by molar-refractivity contribution is -0.130. The summed E-state index contributed by atoms with van der Waals surface area (Å²) in [6, 6.07) is 6.46. The fraction of sp³-hybridized carbons (Fsp3) is 0.611. The number of carbonyl (C=O) groups excluding carboxylic acids is 1. The molecule has 1 aromatic rings. The number of fused-ring (bicyclic) bond motifs is 3. The van der Waals surface area contributed by atoms with Crippen LogP contribution in [0.3, 0.4) is 0 Å². The second kappa shape index (κ2) is 5.70. The third-order valence-corrected chi connectivity index (χ3v) is 5.57. The highest BCUT2D eigenvalue weighted by molar-refractivity contribution is 5.79. The molecular formula is C18H25NO2. The minimum absolute atomic E-state index is 0.160. The van der Waals surface area contributed by atoms with Crippen molar-refractivity contribution < 1.29 is 9.53 Å². The third kappa shape index (κ3) is 2.43. The summed E-state index contributed by atoms with van der Waals surface area (Å²) in [6.45, 7) is 2.23. The summed E-state index contributed by atoms with van der Waals surface area (Å²) >= 11 is 0. The van der Waals surface area contributed by atoms with Crippen molar-refractivity contribution in [3.63, 3.8) is 0 Å². The molecule has 2 aliphatic carbocycles. The van der Waals surface area contributed by atoms with Crippen molar-refractivity contribution in [1.29, 1.82) is 0 Å². The molecule has 1 aromatic carbocycles. The summed E-state index contributed by atoms with van der Waals surface area (Å²) in [4.78, 5) is 12.3. The Morgan fingerprint density at radius 2 is 2.10 bits per heavy atom. The Bertz CT molecular complexity index is 540. The maximum Gasteiger partial charge on any atom is 0.223 e. The van der Waals surface area contributed by atoms with Crippen molar-refractivity contribution in [2.45, 2.75) is 38.5 Å². The molecule has 1 N–H and O–H groups in total. The molecule has 0 aromatic heterocycles. The molecule has 114 valence electrons. The maximum absolute atomic E-state index is 12.3. The van der Waals surface area contributed by atoms with E-state index < -0.39 is 0 Å². The molecule has 1 amide bonds. The van der Waals surface area contributed by atoms with Gasteiger partial charge in [0.2, 0.25) is 5.91 Å². The van der Waals surface area contributed by atoms with Crippen LogP contribution in [-0.4, -0.2) is 20.1 Å². The quantitative estimate of drug-likeness (QED) is 0.907. The number of hydrogen-bond donors (Lipinski definition) is 1. The maximum atomic E-state index is 12.3. The SMILES string of the molecule is CNC(=O)C1C2CCc3ccc(OC)cc3C2CC[C@@H]1C. The molecule has 3 rings (SSSR count). The zero-order valence-corrected chi connectivity index (χ0v) is 13.2. The molecule has 21 heavy (non-hydrogen) atoms. The first-order chi connectivity index (χ1) is 10.2. The molecule has 0 radical (unpaired) electrons. The Morgan fingerprint density at radius 1 is 1.29 bits per heavy atom. The number of aryl methyl sites for hydroxylation is 1. The van der Waals surface area contributed by atoms with Gasteiger partial charge in [-0.15, -0.1) is 0 Å². The van der Waals surface area contributed by atoms with Crippen molar-refractivity contribution in [3.8, 4) is 5.75 Å². The Morgan fingerprint density at radius 3 is 2.81 bits per heavy atom. The first-order valence-electron chi connectivity index (χ1n) is 8.04. The molecule has 0 spiro atoms. The molecule has 1 fully saturated rings. The molecule has 0 heterocycles. The Balaban J connectivity index is 1.96. The highest BCUT2D eigenvalue weighted by Crippen LogP contribution is 2.50. The van der Waals surface area contributed by atoms with Gasteiger partial charge in [0.15, 0.2) is 0 Å². The zero-order chi connectivity index (χ0) is 15.0. The summed E-state index contributed by atoms with van der Waals surface area (Å²) in [7, 11) is 3.48. The van der Waals surface area contributed by atoms with Gasteiger partial charge in [0.05, 0.1) is 7.11 Å². The summed E-state index contributed by atoms with van der Waals surface area (Å²) in [5.41, 5.74) is 2.87. The van der Waals surface area contributed by atoms with E-state index in [4.69, 9.17) is 4.74 Å². The molecule has 3 heteroatoms. The number of amides is 1. The average molecular weight is 287 g/mol. The van der Waals surface area contributed by atoms with E-state index in [2.05, 4.69) is 30.4 Å². The number of ether oxygens (including phenoxy) is 1. The van der Waals surface area contributed by atoms with E-state index in [0.29, 0.717) is 17.8 Å². The highest BCUT2D eigenvalue weighted by atomic mass is 16.5. The van der Waals surface area contributed by atoms with Crippen LogP contribution in [0.4, 0.5) is 0 Å². The molecule has 0 bridgehead atoms. The third-order valence-electron chi connectivity index (χ3n) is 5.57. The highest BCUT2D eigenvalue weighted by Gasteiger charge is 2.43. The second-order valence-electron chi connectivity index (χ2n) is 6.57. The predicted octanol–water partition coefficient (Wildman–Crippen LogP) is 3.13. The van der Waals surface area contributed by atoms with Crippen LogP contribution in [-0.2, 0) is 11.2 Å². The van der Waals surface area contributed by atoms with Gasteiger partial charge in [-0.1, -0.05) is 13.0 Å². The van der Waals surface area contributed by atoms with Crippen molar-refractivity contribution in [2.24, 2.45) is 17.8 Å². The number of rotatable bonds is 2. The van der Waals surface area contributed by atoms with Crippen LogP contribution in [0, 0.1) is 17.8 Å². The van der Waals surface area contributed by atoms with E-state index in [-0.39, 0.29) is 11.8 Å². The number of hydrogen-bond acceptors (Lipinski definition) is 2. The van der Waals surface area contributed by atoms with Gasteiger partial charge in [-0.3, -0.25) is 4.79 Å². The summed E-state index contributed by atoms with van der Waals surface area (Å²) in [5, 5.41) is 2.88. The van der Waals surface area contributed by atoms with Crippen LogP contribution < -0.4 is 10.1 Å². The van der Waals surface area contributed by atoms with E-state index in [0.717, 1.165) is 25.0 Å². The average Bonchev–Trinajstić information content (AvgIpc) is 2.53. The Hall–Kier alpha value is -1.51. The summed E-state index contributed by atoms with van der Waals surface area (Å²) in [5.74, 6) is 2.80. The summed E-state index contributed by atoms with van der Waals surface area (Å²) < 4.78 is 5.40. The molecule has 3 unspecified atom stereocenters. The molecule has 1 saturated carbocycles. The Kier molecular flexibility index (Phi) is 3.92. The zero-order valence-electron chi connectivity index (χ0n) is 13.2. The predicted molar refractivity (Wildman–Crippen MR) is 83.5 cm³/mol. The smallest absolute Gasteiger partial charge is 0.223 e. The molecule has 3 nitrogen and oxygen atoms in total. The number of nitrogens with one attached hydrogen (secondary N) is 1. The molecular weight excluding hydrogens is 262 g/mol. The van der Waals surface area contributed by atoms with Gasteiger partial charge in [-0.05, 0) is 66.7 Å². The molecule has 0 saturated heterocycles. The van der Waals surface area contributed by atoms with Crippen LogP contribution in [0.5, 0.6) is 5.75 Å². The first-order valence-corrected chi connectivity index (χ1v) is 8.04. The van der Waals surface area contributed by atoms with Gasteiger partial charge in [0, 0.05) is 13.0 Å². The van der Waals surface area contributed by atoms with Crippen molar-refractivity contribution in [3.05, 3.63) is 29.3 Å². The number of benzene rings is 1. The first kappa shape index (κ1) is 14.4. The molecule has 2 aliphatic rings. The standard InChI is InChI=1S/C18H25NO2/c1-11-4-8-14-15(17(11)18(20)19-2)9-6-12-5-7-13(21-3)10-16(12)14/h5,7,10-11,14-15,17H,4,6,8-9H2,1-3H3,(H,19,20)/t11-,14?,15?,17?/m0/s1. The second-order valence-corrected chi connectivity index (χ2v) is 6.57. The van der Waals surface area contributed by atoms with Crippen LogP contribution in [0.15, 0.2) is 18.2 Å². The largest absolute Gasteiger partial charge is 0.497 e. The van der Waals surface area contributed by atoms with Crippen LogP contribution in [0.25, 0.3) is 0 Å². The fourth-order valence-electron chi connectivity index (χ4n) is 4.49. The van der Waals surface area contributed by atoms with Crippen molar-refractivity contribution in [2.75, 3.05) is 14.2 Å². The van der Waals surface area contributed by atoms with Gasteiger partial charge in [-0.25, -0.2) is 0 Å². The lowest BCUT2D eigenvalue weighted by atomic mass is 9.60. The van der Waals surface area contributed by atoms with Gasteiger partial charge in [0.1, 0.15) is 5.75 Å². The lowest BCUT2D eigenvalue weighted by Crippen LogP contribution is -2.43. The monoisotopic (exact) mass is 287 g/mol. The number of carbonyl (C=O) groups is 1. The number of methoxy groups -OCH3 is 1. The molecule has 0 aliphatic heterocycles. The van der Waals surface area contributed by atoms with Crippen molar-refractivity contribution in [1.82, 2.24) is 5.32 Å². The van der Waals surface area contributed by atoms with Crippen molar-refractivity contribution >= 4 is 5.91 Å².